The summed E-state index contributed by atoms with van der Waals surface area (Å²) in [4.78, 5) is 12.9. The molecule has 98 valence electrons. The number of rotatable bonds is 4. The quantitative estimate of drug-likeness (QED) is 0.862. The second-order valence-corrected chi connectivity index (χ2v) is 6.29. The zero-order valence-corrected chi connectivity index (χ0v) is 12.6. The van der Waals surface area contributed by atoms with E-state index in [-0.39, 0.29) is 5.91 Å². The first-order valence-corrected chi connectivity index (χ1v) is 7.95. The lowest BCUT2D eigenvalue weighted by molar-refractivity contribution is -0.123. The number of benzene rings is 1. The summed E-state index contributed by atoms with van der Waals surface area (Å²) in [5.74, 6) is 0.558. The van der Waals surface area contributed by atoms with Gasteiger partial charge in [0.05, 0.1) is 5.75 Å². The zero-order valence-electron chi connectivity index (χ0n) is 10.2. The van der Waals surface area contributed by atoms with Crippen LogP contribution in [0.15, 0.2) is 33.6 Å². The Balaban J connectivity index is 1.72. The van der Waals surface area contributed by atoms with Gasteiger partial charge in [-0.05, 0) is 37.1 Å². The van der Waals surface area contributed by atoms with E-state index in [1.165, 1.54) is 19.3 Å². The molecule has 18 heavy (non-hydrogen) atoms. The van der Waals surface area contributed by atoms with Crippen molar-refractivity contribution in [2.24, 2.45) is 0 Å². The third kappa shape index (κ3) is 4.63. The summed E-state index contributed by atoms with van der Waals surface area (Å²) in [6.07, 6.45) is 3.64. The molecular weight excluding hydrogens is 312 g/mol. The maximum absolute atomic E-state index is 11.8. The molecule has 1 aromatic carbocycles. The molecule has 0 bridgehead atoms. The molecule has 1 N–H and O–H groups in total. The van der Waals surface area contributed by atoms with Gasteiger partial charge in [-0.15, -0.1) is 11.8 Å². The maximum atomic E-state index is 11.8. The predicted molar refractivity (Wildman–Crippen MR) is 78.4 cm³/mol. The van der Waals surface area contributed by atoms with Crippen LogP contribution in [-0.4, -0.2) is 29.8 Å². The molecule has 1 heterocycles. The van der Waals surface area contributed by atoms with Crippen molar-refractivity contribution in [3.05, 3.63) is 28.7 Å². The zero-order chi connectivity index (χ0) is 12.8. The summed E-state index contributed by atoms with van der Waals surface area (Å²) in [5.41, 5.74) is 2.96. The van der Waals surface area contributed by atoms with Crippen LogP contribution < -0.4 is 5.43 Å². The lowest BCUT2D eigenvalue weighted by Gasteiger charge is -2.26. The van der Waals surface area contributed by atoms with Crippen LogP contribution in [0.25, 0.3) is 0 Å². The Kier molecular flexibility index (Phi) is 5.53. The van der Waals surface area contributed by atoms with Crippen molar-refractivity contribution in [3.63, 3.8) is 0 Å². The molecule has 1 fully saturated rings. The molecule has 2 rings (SSSR count). The van der Waals surface area contributed by atoms with Crippen LogP contribution in [0.3, 0.4) is 0 Å². The molecule has 0 saturated carbocycles. The number of carbonyl (C=O) groups excluding carboxylic acids is 1. The average molecular weight is 329 g/mol. The van der Waals surface area contributed by atoms with E-state index < -0.39 is 0 Å². The normalized spacial score (nSPS) is 16.5. The summed E-state index contributed by atoms with van der Waals surface area (Å²) in [6.45, 7) is 1.96. The van der Waals surface area contributed by atoms with Gasteiger partial charge in [-0.3, -0.25) is 10.2 Å². The standard InChI is InChI=1S/C13H17BrN2OS/c14-11-4-6-12(7-5-11)18-10-13(17)15-16-8-2-1-3-9-16/h4-7H,1-3,8-10H2,(H,15,17). The summed E-state index contributed by atoms with van der Waals surface area (Å²) >= 11 is 4.96. The molecule has 0 spiro atoms. The lowest BCUT2D eigenvalue weighted by atomic mass is 10.2. The van der Waals surface area contributed by atoms with Crippen LogP contribution in [0.4, 0.5) is 0 Å². The minimum atomic E-state index is 0.0878. The third-order valence-corrected chi connectivity index (χ3v) is 4.36. The van der Waals surface area contributed by atoms with E-state index >= 15 is 0 Å². The Labute approximate surface area is 120 Å². The highest BCUT2D eigenvalue weighted by molar-refractivity contribution is 9.10. The highest BCUT2D eigenvalue weighted by Crippen LogP contribution is 2.20. The predicted octanol–water partition coefficient (Wildman–Crippen LogP) is 3.06. The summed E-state index contributed by atoms with van der Waals surface area (Å²) in [7, 11) is 0. The molecule has 1 aliphatic heterocycles. The number of hydrazine groups is 1. The summed E-state index contributed by atoms with van der Waals surface area (Å²) in [5, 5.41) is 2.04. The number of hydrogen-bond acceptors (Lipinski definition) is 3. The molecule has 0 radical (unpaired) electrons. The van der Waals surface area contributed by atoms with E-state index in [9.17, 15) is 4.79 Å². The molecule has 3 nitrogen and oxygen atoms in total. The molecule has 0 aliphatic carbocycles. The molecule has 0 atom stereocenters. The summed E-state index contributed by atoms with van der Waals surface area (Å²) in [6, 6.07) is 8.02. The number of nitrogens with zero attached hydrogens (tertiary/aromatic N) is 1. The number of piperidine rings is 1. The first-order chi connectivity index (χ1) is 8.74. The van der Waals surface area contributed by atoms with Gasteiger partial charge < -0.3 is 0 Å². The molecule has 1 amide bonds. The number of hydrogen-bond donors (Lipinski definition) is 1. The minimum Gasteiger partial charge on any atom is -0.288 e. The van der Waals surface area contributed by atoms with Crippen molar-refractivity contribution >= 4 is 33.6 Å². The van der Waals surface area contributed by atoms with E-state index in [4.69, 9.17) is 0 Å². The first kappa shape index (κ1) is 13.9. The average Bonchev–Trinajstić information content (AvgIpc) is 2.39. The van der Waals surface area contributed by atoms with Gasteiger partial charge in [0.1, 0.15) is 0 Å². The van der Waals surface area contributed by atoms with Crippen molar-refractivity contribution in [2.45, 2.75) is 24.2 Å². The number of nitrogens with one attached hydrogen (secondary N) is 1. The Hall–Kier alpha value is -0.520. The molecule has 1 aliphatic rings. The van der Waals surface area contributed by atoms with Gasteiger partial charge in [-0.1, -0.05) is 22.4 Å². The fourth-order valence-electron chi connectivity index (χ4n) is 1.89. The summed E-state index contributed by atoms with van der Waals surface area (Å²) < 4.78 is 1.06. The first-order valence-electron chi connectivity index (χ1n) is 6.17. The van der Waals surface area contributed by atoms with Crippen LogP contribution in [0.5, 0.6) is 0 Å². The molecule has 1 saturated heterocycles. The topological polar surface area (TPSA) is 32.3 Å². The Morgan fingerprint density at radius 3 is 2.56 bits per heavy atom. The van der Waals surface area contributed by atoms with E-state index in [0.717, 1.165) is 22.5 Å². The highest BCUT2D eigenvalue weighted by atomic mass is 79.9. The van der Waals surface area contributed by atoms with Gasteiger partial charge in [0.15, 0.2) is 0 Å². The van der Waals surface area contributed by atoms with E-state index in [1.807, 2.05) is 29.3 Å². The molecule has 0 aromatic heterocycles. The van der Waals surface area contributed by atoms with Crippen molar-refractivity contribution in [1.29, 1.82) is 0 Å². The van der Waals surface area contributed by atoms with Gasteiger partial charge in [0.25, 0.3) is 0 Å². The van der Waals surface area contributed by atoms with Gasteiger partial charge in [-0.25, -0.2) is 5.01 Å². The van der Waals surface area contributed by atoms with Crippen LogP contribution >= 0.6 is 27.7 Å². The minimum absolute atomic E-state index is 0.0878. The van der Waals surface area contributed by atoms with Gasteiger partial charge in [-0.2, -0.15) is 0 Å². The van der Waals surface area contributed by atoms with E-state index in [1.54, 1.807) is 11.8 Å². The fourth-order valence-corrected chi connectivity index (χ4v) is 2.85. The van der Waals surface area contributed by atoms with Crippen LogP contribution in [-0.2, 0) is 4.79 Å². The van der Waals surface area contributed by atoms with Crippen molar-refractivity contribution in [1.82, 2.24) is 10.4 Å². The van der Waals surface area contributed by atoms with Gasteiger partial charge in [0.2, 0.25) is 5.91 Å². The molecule has 5 heteroatoms. The fraction of sp³-hybridized carbons (Fsp3) is 0.462. The molecule has 1 aromatic rings. The van der Waals surface area contributed by atoms with Crippen molar-refractivity contribution in [2.75, 3.05) is 18.8 Å². The van der Waals surface area contributed by atoms with Gasteiger partial charge >= 0.3 is 0 Å². The van der Waals surface area contributed by atoms with Crippen LogP contribution in [0.2, 0.25) is 0 Å². The van der Waals surface area contributed by atoms with E-state index in [2.05, 4.69) is 21.4 Å². The lowest BCUT2D eigenvalue weighted by Crippen LogP contribution is -2.45. The smallest absolute Gasteiger partial charge is 0.244 e. The van der Waals surface area contributed by atoms with Gasteiger partial charge in [0, 0.05) is 22.5 Å². The largest absolute Gasteiger partial charge is 0.288 e. The number of amides is 1. The third-order valence-electron chi connectivity index (χ3n) is 2.82. The highest BCUT2D eigenvalue weighted by Gasteiger charge is 2.12. The van der Waals surface area contributed by atoms with Crippen LogP contribution in [0.1, 0.15) is 19.3 Å². The second kappa shape index (κ2) is 7.16. The molecule has 0 unspecified atom stereocenters. The number of thioether (sulfide) groups is 1. The number of halogens is 1. The second-order valence-electron chi connectivity index (χ2n) is 4.33. The monoisotopic (exact) mass is 328 g/mol. The Morgan fingerprint density at radius 2 is 1.89 bits per heavy atom. The Morgan fingerprint density at radius 1 is 1.22 bits per heavy atom. The maximum Gasteiger partial charge on any atom is 0.244 e. The van der Waals surface area contributed by atoms with Crippen LogP contribution in [0, 0.1) is 0 Å². The Bertz CT molecular complexity index is 390. The SMILES string of the molecule is O=C(CSc1ccc(Br)cc1)NN1CCCCC1. The van der Waals surface area contributed by atoms with Crippen molar-refractivity contribution in [3.8, 4) is 0 Å². The van der Waals surface area contributed by atoms with E-state index in [0.29, 0.717) is 5.75 Å². The number of carbonyl (C=O) groups is 1. The van der Waals surface area contributed by atoms with Crippen molar-refractivity contribution < 1.29 is 4.79 Å². The molecular formula is C13H17BrN2OS.